The van der Waals surface area contributed by atoms with Crippen molar-refractivity contribution < 1.29 is 18.8 Å². The van der Waals surface area contributed by atoms with Crippen LogP contribution in [0, 0.1) is 0 Å². The summed E-state index contributed by atoms with van der Waals surface area (Å²) < 4.78 is 5.02. The Labute approximate surface area is 176 Å². The maximum atomic E-state index is 12.4. The molecule has 3 amide bonds. The Kier molecular flexibility index (Phi) is 8.02. The summed E-state index contributed by atoms with van der Waals surface area (Å²) in [6, 6.07) is 13.2. The number of nitrogens with one attached hydrogen (secondary N) is 2. The summed E-state index contributed by atoms with van der Waals surface area (Å²) in [5.41, 5.74) is 1.20. The van der Waals surface area contributed by atoms with Crippen molar-refractivity contribution in [1.82, 2.24) is 20.4 Å². The molecule has 160 valence electrons. The number of nitrogens with zero attached hydrogens (tertiary/aromatic N) is 2. The van der Waals surface area contributed by atoms with E-state index < -0.39 is 5.91 Å². The lowest BCUT2D eigenvalue weighted by Gasteiger charge is -2.22. The van der Waals surface area contributed by atoms with Gasteiger partial charge in [0.05, 0.1) is 19.4 Å². The summed E-state index contributed by atoms with van der Waals surface area (Å²) in [7, 11) is 0. The zero-order chi connectivity index (χ0) is 21.2. The minimum Gasteiger partial charge on any atom is -0.459 e. The van der Waals surface area contributed by atoms with E-state index in [9.17, 15) is 14.4 Å². The summed E-state index contributed by atoms with van der Waals surface area (Å²) in [5.74, 6) is -0.361. The number of benzene rings is 1. The maximum absolute atomic E-state index is 12.4. The molecule has 8 nitrogen and oxygen atoms in total. The molecule has 2 N–H and O–H groups in total. The first-order valence-electron chi connectivity index (χ1n) is 10.2. The van der Waals surface area contributed by atoms with Gasteiger partial charge in [-0.05, 0) is 30.5 Å². The van der Waals surface area contributed by atoms with E-state index in [0.717, 1.165) is 19.4 Å². The zero-order valence-electron chi connectivity index (χ0n) is 17.0. The molecule has 0 aliphatic carbocycles. The van der Waals surface area contributed by atoms with Crippen molar-refractivity contribution in [2.75, 3.05) is 45.8 Å². The third kappa shape index (κ3) is 6.73. The van der Waals surface area contributed by atoms with Crippen LogP contribution in [0.4, 0.5) is 0 Å². The minimum atomic E-state index is -0.406. The Bertz CT molecular complexity index is 823. The smallest absolute Gasteiger partial charge is 0.287 e. The van der Waals surface area contributed by atoms with Crippen molar-refractivity contribution in [3.05, 3.63) is 60.1 Å². The fraction of sp³-hybridized carbons (Fsp3) is 0.409. The highest BCUT2D eigenvalue weighted by Crippen LogP contribution is 2.04. The van der Waals surface area contributed by atoms with Gasteiger partial charge in [0, 0.05) is 32.7 Å². The Balaban J connectivity index is 1.35. The van der Waals surface area contributed by atoms with Crippen LogP contribution in [0.5, 0.6) is 0 Å². The first kappa shape index (κ1) is 21.6. The number of amides is 3. The van der Waals surface area contributed by atoms with Crippen molar-refractivity contribution in [1.29, 1.82) is 0 Å². The lowest BCUT2D eigenvalue weighted by atomic mass is 10.1. The number of furan rings is 1. The average molecular weight is 412 g/mol. The summed E-state index contributed by atoms with van der Waals surface area (Å²) >= 11 is 0. The monoisotopic (exact) mass is 412 g/mol. The third-order valence-corrected chi connectivity index (χ3v) is 5.03. The molecule has 2 heterocycles. The maximum Gasteiger partial charge on any atom is 0.287 e. The zero-order valence-corrected chi connectivity index (χ0v) is 17.0. The van der Waals surface area contributed by atoms with Crippen molar-refractivity contribution in [3.8, 4) is 0 Å². The van der Waals surface area contributed by atoms with Gasteiger partial charge in [-0.1, -0.05) is 30.3 Å². The molecule has 0 atom stereocenters. The molecule has 1 aliphatic heterocycles. The van der Waals surface area contributed by atoms with E-state index in [0.29, 0.717) is 32.7 Å². The fourth-order valence-electron chi connectivity index (χ4n) is 3.39. The van der Waals surface area contributed by atoms with E-state index in [2.05, 4.69) is 15.5 Å². The summed E-state index contributed by atoms with van der Waals surface area (Å²) in [5, 5.41) is 5.54. The van der Waals surface area contributed by atoms with E-state index in [4.69, 9.17) is 4.42 Å². The second kappa shape index (κ2) is 11.2. The van der Waals surface area contributed by atoms with Crippen LogP contribution in [-0.2, 0) is 16.0 Å². The van der Waals surface area contributed by atoms with Crippen LogP contribution in [0.3, 0.4) is 0 Å². The van der Waals surface area contributed by atoms with Crippen molar-refractivity contribution in [2.24, 2.45) is 0 Å². The molecule has 3 rings (SSSR count). The molecule has 0 radical (unpaired) electrons. The van der Waals surface area contributed by atoms with Crippen LogP contribution < -0.4 is 10.6 Å². The van der Waals surface area contributed by atoms with Crippen LogP contribution >= 0.6 is 0 Å². The summed E-state index contributed by atoms with van der Waals surface area (Å²) in [6.45, 7) is 3.40. The molecule has 0 spiro atoms. The average Bonchev–Trinajstić information content (AvgIpc) is 3.20. The second-order valence-electron chi connectivity index (χ2n) is 7.26. The standard InChI is InChI=1S/C22H28N4O4/c27-20(23-10-9-18-6-2-1-3-7-18)17-25-11-5-12-26(14-13-25)21(28)16-24-22(29)19-8-4-15-30-19/h1-4,6-8,15H,5,9-14,16-17H2,(H,23,27)(H,24,29). The number of hydrogen-bond donors (Lipinski definition) is 2. The Morgan fingerprint density at radius 2 is 1.77 bits per heavy atom. The van der Waals surface area contributed by atoms with E-state index in [-0.39, 0.29) is 24.1 Å². The highest BCUT2D eigenvalue weighted by Gasteiger charge is 2.21. The largest absolute Gasteiger partial charge is 0.459 e. The molecule has 1 fully saturated rings. The van der Waals surface area contributed by atoms with Gasteiger partial charge in [-0.25, -0.2) is 0 Å². The number of carbonyl (C=O) groups excluding carboxylic acids is 3. The lowest BCUT2D eigenvalue weighted by Crippen LogP contribution is -2.43. The summed E-state index contributed by atoms with van der Waals surface area (Å²) in [6.07, 6.45) is 3.01. The predicted octanol–water partition coefficient (Wildman–Crippen LogP) is 0.903. The topological polar surface area (TPSA) is 94.9 Å². The molecule has 1 aromatic carbocycles. The van der Waals surface area contributed by atoms with E-state index in [1.807, 2.05) is 30.3 Å². The van der Waals surface area contributed by atoms with Crippen molar-refractivity contribution in [3.63, 3.8) is 0 Å². The Hall–Kier alpha value is -3.13. The fourth-order valence-corrected chi connectivity index (χ4v) is 3.39. The van der Waals surface area contributed by atoms with Crippen LogP contribution in [0.1, 0.15) is 22.5 Å². The van der Waals surface area contributed by atoms with Gasteiger partial charge in [0.1, 0.15) is 0 Å². The van der Waals surface area contributed by atoms with Gasteiger partial charge in [0.2, 0.25) is 11.8 Å². The first-order valence-corrected chi connectivity index (χ1v) is 10.2. The molecule has 1 saturated heterocycles. The van der Waals surface area contributed by atoms with E-state index >= 15 is 0 Å². The van der Waals surface area contributed by atoms with Gasteiger partial charge in [-0.3, -0.25) is 19.3 Å². The van der Waals surface area contributed by atoms with Crippen LogP contribution in [0.15, 0.2) is 53.1 Å². The first-order chi connectivity index (χ1) is 14.6. The molecule has 0 saturated carbocycles. The lowest BCUT2D eigenvalue weighted by molar-refractivity contribution is -0.129. The number of hydrogen-bond acceptors (Lipinski definition) is 5. The molecule has 2 aromatic rings. The second-order valence-corrected chi connectivity index (χ2v) is 7.26. The highest BCUT2D eigenvalue weighted by atomic mass is 16.3. The van der Waals surface area contributed by atoms with E-state index in [1.54, 1.807) is 17.0 Å². The molecule has 0 bridgehead atoms. The number of carbonyl (C=O) groups is 3. The SMILES string of the molecule is O=C(CN1CCCN(C(=O)CNC(=O)c2ccco2)CC1)NCCc1ccccc1. The van der Waals surface area contributed by atoms with Crippen LogP contribution in [0.2, 0.25) is 0 Å². The van der Waals surface area contributed by atoms with Gasteiger partial charge < -0.3 is 20.0 Å². The predicted molar refractivity (Wildman–Crippen MR) is 112 cm³/mol. The van der Waals surface area contributed by atoms with Crippen molar-refractivity contribution in [2.45, 2.75) is 12.8 Å². The normalized spacial score (nSPS) is 14.7. The minimum absolute atomic E-state index is 0.00332. The molecule has 30 heavy (non-hydrogen) atoms. The Morgan fingerprint density at radius 1 is 0.933 bits per heavy atom. The van der Waals surface area contributed by atoms with E-state index in [1.165, 1.54) is 11.8 Å². The van der Waals surface area contributed by atoms with Crippen molar-refractivity contribution >= 4 is 17.7 Å². The molecular weight excluding hydrogens is 384 g/mol. The summed E-state index contributed by atoms with van der Waals surface area (Å²) in [4.78, 5) is 40.3. The molecule has 1 aliphatic rings. The molecule has 8 heteroatoms. The van der Waals surface area contributed by atoms with Gasteiger partial charge in [-0.15, -0.1) is 0 Å². The van der Waals surface area contributed by atoms with Crippen LogP contribution in [0.25, 0.3) is 0 Å². The number of rotatable bonds is 8. The third-order valence-electron chi connectivity index (χ3n) is 5.03. The van der Waals surface area contributed by atoms with Gasteiger partial charge in [0.25, 0.3) is 5.91 Å². The molecule has 1 aromatic heterocycles. The molecule has 0 unspecified atom stereocenters. The van der Waals surface area contributed by atoms with Crippen LogP contribution in [-0.4, -0.2) is 73.3 Å². The van der Waals surface area contributed by atoms with Gasteiger partial charge >= 0.3 is 0 Å². The van der Waals surface area contributed by atoms with Gasteiger partial charge in [0.15, 0.2) is 5.76 Å². The Morgan fingerprint density at radius 3 is 2.53 bits per heavy atom. The highest BCUT2D eigenvalue weighted by molar-refractivity contribution is 5.94. The van der Waals surface area contributed by atoms with Gasteiger partial charge in [-0.2, -0.15) is 0 Å². The quantitative estimate of drug-likeness (QED) is 0.672. The molecular formula is C22H28N4O4.